The average Bonchev–Trinajstić information content (AvgIpc) is 2.14. The van der Waals surface area contributed by atoms with E-state index in [1.807, 2.05) is 4.72 Å². The quantitative estimate of drug-likeness (QED) is 0.349. The van der Waals surface area contributed by atoms with Gasteiger partial charge in [0, 0.05) is 13.7 Å². The van der Waals surface area contributed by atoms with Crippen molar-refractivity contribution in [3.8, 4) is 0 Å². The Morgan fingerprint density at radius 1 is 1.53 bits per heavy atom. The van der Waals surface area contributed by atoms with E-state index in [1.54, 1.807) is 4.72 Å². The molecule has 0 aliphatic heterocycles. The molecule has 0 aromatic carbocycles. The Morgan fingerprint density at radius 2 is 2.13 bits per heavy atom. The minimum atomic E-state index is -3.93. The molecule has 0 fully saturated rings. The number of aliphatic hydroxyl groups is 1. The second-order valence-electron chi connectivity index (χ2n) is 2.58. The van der Waals surface area contributed by atoms with Crippen LogP contribution in [0, 0.1) is 0 Å². The molecule has 0 aromatic rings. The standard InChI is InChI=1S/C6H14N2O6S/c1-14-3-2-7-15(12,13)8-5(4-9)6(10)11/h5,7-9H,2-4H2,1H3,(H,10,11)/t5-/m0/s1. The smallest absolute Gasteiger partial charge is 0.324 e. The van der Waals surface area contributed by atoms with E-state index >= 15 is 0 Å². The molecule has 0 aromatic heterocycles. The van der Waals surface area contributed by atoms with Gasteiger partial charge in [-0.05, 0) is 0 Å². The van der Waals surface area contributed by atoms with Crippen molar-refractivity contribution >= 4 is 16.2 Å². The molecule has 0 aliphatic carbocycles. The lowest BCUT2D eigenvalue weighted by atomic mass is 10.3. The third kappa shape index (κ3) is 6.36. The second-order valence-corrected chi connectivity index (χ2v) is 4.11. The zero-order valence-electron chi connectivity index (χ0n) is 8.13. The van der Waals surface area contributed by atoms with Gasteiger partial charge in [-0.1, -0.05) is 0 Å². The highest BCUT2D eigenvalue weighted by atomic mass is 32.2. The minimum absolute atomic E-state index is 0.0175. The van der Waals surface area contributed by atoms with Gasteiger partial charge in [-0.15, -0.1) is 0 Å². The minimum Gasteiger partial charge on any atom is -0.480 e. The van der Waals surface area contributed by atoms with E-state index in [2.05, 4.69) is 4.74 Å². The summed E-state index contributed by atoms with van der Waals surface area (Å²) in [6.45, 7) is -0.637. The fourth-order valence-corrected chi connectivity index (χ4v) is 1.66. The zero-order chi connectivity index (χ0) is 11.9. The van der Waals surface area contributed by atoms with Crippen molar-refractivity contribution in [3.63, 3.8) is 0 Å². The highest BCUT2D eigenvalue weighted by molar-refractivity contribution is 7.87. The molecular formula is C6H14N2O6S. The lowest BCUT2D eigenvalue weighted by Gasteiger charge is -2.12. The monoisotopic (exact) mass is 242 g/mol. The van der Waals surface area contributed by atoms with Crippen LogP contribution in [0.25, 0.3) is 0 Å². The van der Waals surface area contributed by atoms with Crippen LogP contribution in [0.5, 0.6) is 0 Å². The van der Waals surface area contributed by atoms with Crippen molar-refractivity contribution in [2.24, 2.45) is 0 Å². The van der Waals surface area contributed by atoms with E-state index in [1.165, 1.54) is 7.11 Å². The molecule has 0 saturated heterocycles. The van der Waals surface area contributed by atoms with Crippen molar-refractivity contribution in [1.29, 1.82) is 0 Å². The summed E-state index contributed by atoms with van der Waals surface area (Å²) in [6, 6.07) is -1.55. The Balaban J connectivity index is 4.17. The van der Waals surface area contributed by atoms with Crippen molar-refractivity contribution in [2.75, 3.05) is 26.9 Å². The molecule has 90 valence electrons. The SMILES string of the molecule is COCCNS(=O)(=O)N[C@@H](CO)C(=O)O. The highest BCUT2D eigenvalue weighted by Crippen LogP contribution is 1.86. The van der Waals surface area contributed by atoms with E-state index in [-0.39, 0.29) is 13.2 Å². The molecule has 1 atom stereocenters. The van der Waals surface area contributed by atoms with Gasteiger partial charge >= 0.3 is 5.97 Å². The van der Waals surface area contributed by atoms with Crippen LogP contribution in [0.15, 0.2) is 0 Å². The molecular weight excluding hydrogens is 228 g/mol. The van der Waals surface area contributed by atoms with Gasteiger partial charge in [0.25, 0.3) is 10.2 Å². The van der Waals surface area contributed by atoms with Crippen LogP contribution in [-0.4, -0.2) is 57.5 Å². The maximum Gasteiger partial charge on any atom is 0.324 e. The third-order valence-corrected chi connectivity index (χ3v) is 2.56. The Kier molecular flexibility index (Phi) is 6.36. The van der Waals surface area contributed by atoms with Crippen molar-refractivity contribution in [1.82, 2.24) is 9.44 Å². The van der Waals surface area contributed by atoms with E-state index in [0.717, 1.165) is 0 Å². The lowest BCUT2D eigenvalue weighted by Crippen LogP contribution is -2.48. The molecule has 0 aliphatic rings. The predicted octanol–water partition coefficient (Wildman–Crippen LogP) is -2.50. The van der Waals surface area contributed by atoms with Crippen molar-refractivity contribution < 1.29 is 28.2 Å². The summed E-state index contributed by atoms with van der Waals surface area (Å²) < 4.78 is 30.6. The highest BCUT2D eigenvalue weighted by Gasteiger charge is 2.22. The number of hydrogen-bond donors (Lipinski definition) is 4. The summed E-state index contributed by atoms with van der Waals surface area (Å²) in [5.41, 5.74) is 0. The normalized spacial score (nSPS) is 13.7. The Hall–Kier alpha value is -0.740. The number of aliphatic carboxylic acids is 1. The van der Waals surface area contributed by atoms with E-state index < -0.39 is 28.8 Å². The summed E-state index contributed by atoms with van der Waals surface area (Å²) in [4.78, 5) is 10.4. The Morgan fingerprint density at radius 3 is 2.53 bits per heavy atom. The maximum atomic E-state index is 11.1. The first-order valence-corrected chi connectivity index (χ1v) is 5.50. The number of methoxy groups -OCH3 is 1. The number of nitrogens with one attached hydrogen (secondary N) is 2. The number of carbonyl (C=O) groups is 1. The van der Waals surface area contributed by atoms with Crippen LogP contribution in [-0.2, 0) is 19.7 Å². The number of rotatable bonds is 8. The molecule has 0 unspecified atom stereocenters. The van der Waals surface area contributed by atoms with Crippen LogP contribution >= 0.6 is 0 Å². The molecule has 0 saturated carbocycles. The first-order chi connectivity index (χ1) is 6.93. The van der Waals surface area contributed by atoms with Crippen LogP contribution < -0.4 is 9.44 Å². The number of ether oxygens (including phenoxy) is 1. The van der Waals surface area contributed by atoms with Gasteiger partial charge in [-0.3, -0.25) is 4.79 Å². The zero-order valence-corrected chi connectivity index (χ0v) is 8.95. The van der Waals surface area contributed by atoms with Gasteiger partial charge in [-0.2, -0.15) is 17.9 Å². The predicted molar refractivity (Wildman–Crippen MR) is 50.4 cm³/mol. The van der Waals surface area contributed by atoms with Crippen molar-refractivity contribution in [3.05, 3.63) is 0 Å². The molecule has 0 spiro atoms. The largest absolute Gasteiger partial charge is 0.480 e. The molecule has 8 nitrogen and oxygen atoms in total. The number of aliphatic hydroxyl groups excluding tert-OH is 1. The molecule has 0 heterocycles. The molecule has 0 radical (unpaired) electrons. The van der Waals surface area contributed by atoms with E-state index in [4.69, 9.17) is 10.2 Å². The summed E-state index contributed by atoms with van der Waals surface area (Å²) >= 11 is 0. The number of hydrogen-bond acceptors (Lipinski definition) is 5. The van der Waals surface area contributed by atoms with Gasteiger partial charge in [0.15, 0.2) is 0 Å². The van der Waals surface area contributed by atoms with Gasteiger partial charge in [-0.25, -0.2) is 0 Å². The Bertz CT molecular complexity index is 290. The van der Waals surface area contributed by atoms with Crippen LogP contribution in [0.4, 0.5) is 0 Å². The summed E-state index contributed by atoms with van der Waals surface area (Å²) in [7, 11) is -2.53. The molecule has 0 rings (SSSR count). The summed E-state index contributed by atoms with van der Waals surface area (Å²) in [5.74, 6) is -1.45. The molecule has 9 heteroatoms. The third-order valence-electron chi connectivity index (χ3n) is 1.38. The molecule has 15 heavy (non-hydrogen) atoms. The molecule has 4 N–H and O–H groups in total. The van der Waals surface area contributed by atoms with Gasteiger partial charge in [0.2, 0.25) is 0 Å². The van der Waals surface area contributed by atoms with Gasteiger partial charge < -0.3 is 14.9 Å². The fourth-order valence-electron chi connectivity index (χ4n) is 0.673. The van der Waals surface area contributed by atoms with Gasteiger partial charge in [0.1, 0.15) is 6.04 Å². The summed E-state index contributed by atoms with van der Waals surface area (Å²) in [5, 5.41) is 17.0. The topological polar surface area (TPSA) is 125 Å². The first-order valence-electron chi connectivity index (χ1n) is 4.02. The maximum absolute atomic E-state index is 11.1. The second kappa shape index (κ2) is 6.69. The number of carboxylic acid groups (broad SMARTS) is 1. The van der Waals surface area contributed by atoms with Crippen LogP contribution in [0.2, 0.25) is 0 Å². The van der Waals surface area contributed by atoms with E-state index in [9.17, 15) is 13.2 Å². The van der Waals surface area contributed by atoms with Gasteiger partial charge in [0.05, 0.1) is 13.2 Å². The number of carboxylic acids is 1. The van der Waals surface area contributed by atoms with E-state index in [0.29, 0.717) is 0 Å². The van der Waals surface area contributed by atoms with Crippen molar-refractivity contribution in [2.45, 2.75) is 6.04 Å². The first kappa shape index (κ1) is 14.3. The molecule has 0 amide bonds. The van der Waals surface area contributed by atoms with Crippen LogP contribution in [0.3, 0.4) is 0 Å². The lowest BCUT2D eigenvalue weighted by molar-refractivity contribution is -0.139. The Labute approximate surface area is 87.4 Å². The average molecular weight is 242 g/mol. The van der Waals surface area contributed by atoms with Crippen LogP contribution in [0.1, 0.15) is 0 Å². The fraction of sp³-hybridized carbons (Fsp3) is 0.833. The molecule has 0 bridgehead atoms. The summed E-state index contributed by atoms with van der Waals surface area (Å²) in [6.07, 6.45) is 0.